The van der Waals surface area contributed by atoms with Crippen LogP contribution in [0.2, 0.25) is 0 Å². The summed E-state index contributed by atoms with van der Waals surface area (Å²) in [7, 11) is 0. The summed E-state index contributed by atoms with van der Waals surface area (Å²) in [4.78, 5) is 0. The van der Waals surface area contributed by atoms with Crippen molar-refractivity contribution < 1.29 is 24.4 Å². The summed E-state index contributed by atoms with van der Waals surface area (Å²) < 4.78 is 1.64. The largest absolute Gasteiger partial charge is 0.147 e. The van der Waals surface area contributed by atoms with Gasteiger partial charge >= 0.3 is 84.5 Å². The van der Waals surface area contributed by atoms with Crippen LogP contribution in [0.3, 0.4) is 0 Å². The molecule has 13 heavy (non-hydrogen) atoms. The number of hydrogen-bond acceptors (Lipinski definition) is 0. The van der Waals surface area contributed by atoms with Crippen molar-refractivity contribution in [3.63, 3.8) is 0 Å². The summed E-state index contributed by atoms with van der Waals surface area (Å²) in [5.41, 5.74) is 2.01. The van der Waals surface area contributed by atoms with Gasteiger partial charge in [0.05, 0.1) is 0 Å². The maximum atomic E-state index is 2.39. The zero-order valence-corrected chi connectivity index (χ0v) is 13.6. The van der Waals surface area contributed by atoms with E-state index in [1.807, 2.05) is 0 Å². The summed E-state index contributed by atoms with van der Waals surface area (Å²) in [6.07, 6.45) is 7.24. The van der Waals surface area contributed by atoms with Crippen molar-refractivity contribution in [1.29, 1.82) is 0 Å². The summed E-state index contributed by atoms with van der Waals surface area (Å²) in [6.45, 7) is 6.90. The molecule has 0 saturated carbocycles. The molecule has 1 aliphatic rings. The molecular formula is C10H17Cl2Hf. The molecule has 0 amide bonds. The van der Waals surface area contributed by atoms with Gasteiger partial charge in [-0.15, -0.1) is 24.8 Å². The minimum Gasteiger partial charge on any atom is -0.147 e. The second-order valence-corrected chi connectivity index (χ2v) is 6.70. The Morgan fingerprint density at radius 1 is 1.31 bits per heavy atom. The van der Waals surface area contributed by atoms with Crippen molar-refractivity contribution in [3.05, 3.63) is 21.1 Å². The predicted octanol–water partition coefficient (Wildman–Crippen LogP) is 4.03. The standard InChI is InChI=1S/C10H15.2ClH.Hf/c1-10(2,3)8-9-6-4-5-7-9;;;/h6-7H,4,8H2,1-3H3;2*1H;. The van der Waals surface area contributed by atoms with Gasteiger partial charge in [0.1, 0.15) is 0 Å². The van der Waals surface area contributed by atoms with Crippen LogP contribution in [0.1, 0.15) is 33.6 Å². The van der Waals surface area contributed by atoms with Crippen molar-refractivity contribution in [1.82, 2.24) is 0 Å². The van der Waals surface area contributed by atoms with Crippen LogP contribution >= 0.6 is 24.8 Å². The molecule has 1 aliphatic carbocycles. The molecule has 75 valence electrons. The molecule has 0 aromatic rings. The zero-order chi connectivity index (χ0) is 8.48. The molecule has 0 atom stereocenters. The molecule has 0 aromatic heterocycles. The second-order valence-electron chi connectivity index (χ2n) is 4.39. The monoisotopic (exact) mass is 387 g/mol. The molecular weight excluding hydrogens is 370 g/mol. The Labute approximate surface area is 109 Å². The molecule has 3 heteroatoms. The van der Waals surface area contributed by atoms with Gasteiger partial charge in [0.25, 0.3) is 0 Å². The van der Waals surface area contributed by atoms with Crippen LogP contribution in [-0.4, -0.2) is 0 Å². The van der Waals surface area contributed by atoms with Crippen molar-refractivity contribution in [2.75, 3.05) is 0 Å². The molecule has 0 spiro atoms. The first-order valence-electron chi connectivity index (χ1n) is 4.08. The van der Waals surface area contributed by atoms with E-state index >= 15 is 0 Å². The van der Waals surface area contributed by atoms with E-state index < -0.39 is 0 Å². The molecule has 0 fully saturated rings. The Hall–Kier alpha value is 0.930. The van der Waals surface area contributed by atoms with Crippen molar-refractivity contribution in [3.8, 4) is 0 Å². The van der Waals surface area contributed by atoms with Crippen molar-refractivity contribution >= 4 is 24.8 Å². The summed E-state index contributed by atoms with van der Waals surface area (Å²) >= 11 is 1.24. The summed E-state index contributed by atoms with van der Waals surface area (Å²) in [5, 5.41) is 0. The molecule has 0 aromatic carbocycles. The molecule has 0 N–H and O–H groups in total. The van der Waals surface area contributed by atoms with Gasteiger partial charge in [-0.05, 0) is 0 Å². The van der Waals surface area contributed by atoms with E-state index in [0.29, 0.717) is 5.41 Å². The van der Waals surface area contributed by atoms with Gasteiger partial charge in [-0.3, -0.25) is 0 Å². The van der Waals surface area contributed by atoms with Gasteiger partial charge in [0.2, 0.25) is 0 Å². The van der Waals surface area contributed by atoms with E-state index in [-0.39, 0.29) is 24.8 Å². The van der Waals surface area contributed by atoms with Gasteiger partial charge in [0, 0.05) is 0 Å². The minimum absolute atomic E-state index is 0. The molecule has 0 nitrogen and oxygen atoms in total. The van der Waals surface area contributed by atoms with Gasteiger partial charge in [-0.25, -0.2) is 0 Å². The predicted molar refractivity (Wildman–Crippen MR) is 59.4 cm³/mol. The van der Waals surface area contributed by atoms with E-state index in [0.717, 1.165) is 0 Å². The fourth-order valence-corrected chi connectivity index (χ4v) is 2.35. The quantitative estimate of drug-likeness (QED) is 0.597. The summed E-state index contributed by atoms with van der Waals surface area (Å²) in [6, 6.07) is 0. The van der Waals surface area contributed by atoms with E-state index in [9.17, 15) is 0 Å². The van der Waals surface area contributed by atoms with E-state index in [1.165, 1.54) is 37.2 Å². The smallest absolute Gasteiger partial charge is 0.147 e. The van der Waals surface area contributed by atoms with Crippen LogP contribution in [0, 0.1) is 5.41 Å². The fourth-order valence-electron chi connectivity index (χ4n) is 1.32. The van der Waals surface area contributed by atoms with Gasteiger partial charge < -0.3 is 0 Å². The van der Waals surface area contributed by atoms with Crippen LogP contribution < -0.4 is 0 Å². The Morgan fingerprint density at radius 3 is 2.15 bits per heavy atom. The molecule has 0 bridgehead atoms. The van der Waals surface area contributed by atoms with E-state index in [4.69, 9.17) is 0 Å². The minimum atomic E-state index is 0. The van der Waals surface area contributed by atoms with Gasteiger partial charge in [-0.1, -0.05) is 0 Å². The Kier molecular flexibility index (Phi) is 8.08. The zero-order valence-electron chi connectivity index (χ0n) is 8.39. The third kappa shape index (κ3) is 6.93. The van der Waals surface area contributed by atoms with Gasteiger partial charge in [-0.2, -0.15) is 0 Å². The first-order valence-corrected chi connectivity index (χ1v) is 5.88. The normalized spacial score (nSPS) is 15.2. The maximum Gasteiger partial charge on any atom is -0.147 e. The van der Waals surface area contributed by atoms with Crippen molar-refractivity contribution in [2.24, 2.45) is 5.41 Å². The molecule has 1 rings (SSSR count). The SMILES string of the molecule is CC(C)(C)CC1=CC[C]([Hf])=C1.Cl.Cl. The third-order valence-corrected chi connectivity index (χ3v) is 2.93. The van der Waals surface area contributed by atoms with Gasteiger partial charge in [0.15, 0.2) is 0 Å². The average molecular weight is 387 g/mol. The Bertz CT molecular complexity index is 211. The van der Waals surface area contributed by atoms with Crippen LogP contribution in [0.15, 0.2) is 21.1 Å². The molecule has 0 radical (unpaired) electrons. The topological polar surface area (TPSA) is 0 Å². The Balaban J connectivity index is 0. The first-order chi connectivity index (χ1) is 4.97. The first kappa shape index (κ1) is 16.4. The van der Waals surface area contributed by atoms with Crippen molar-refractivity contribution in [2.45, 2.75) is 33.6 Å². The number of allylic oxidation sites excluding steroid dienone is 4. The van der Waals surface area contributed by atoms with Crippen LogP contribution in [0.4, 0.5) is 0 Å². The molecule has 0 unspecified atom stereocenters. The fraction of sp³-hybridized carbons (Fsp3) is 0.600. The molecule has 0 aliphatic heterocycles. The Morgan fingerprint density at radius 2 is 1.85 bits per heavy atom. The van der Waals surface area contributed by atoms with Crippen LogP contribution in [-0.2, 0) is 24.4 Å². The van der Waals surface area contributed by atoms with E-state index in [2.05, 4.69) is 32.9 Å². The number of hydrogen-bond donors (Lipinski definition) is 0. The molecule has 0 saturated heterocycles. The number of rotatable bonds is 1. The molecule has 0 heterocycles. The van der Waals surface area contributed by atoms with Crippen LogP contribution in [0.5, 0.6) is 0 Å². The third-order valence-electron chi connectivity index (χ3n) is 1.68. The number of halogens is 2. The summed E-state index contributed by atoms with van der Waals surface area (Å²) in [5.74, 6) is 0. The van der Waals surface area contributed by atoms with Crippen LogP contribution in [0.25, 0.3) is 0 Å². The average Bonchev–Trinajstić information content (AvgIpc) is 2.10. The maximum absolute atomic E-state index is 2.39. The second kappa shape index (κ2) is 6.42. The van der Waals surface area contributed by atoms with E-state index in [1.54, 1.807) is 8.90 Å².